The van der Waals surface area contributed by atoms with Crippen molar-refractivity contribution < 1.29 is 26.4 Å². The number of hydrogen-bond acceptors (Lipinski definition) is 3. The molecular formula is C13H12ClF3O3S. The molecular weight excluding hydrogens is 329 g/mol. The van der Waals surface area contributed by atoms with Gasteiger partial charge in [0.05, 0.1) is 16.1 Å². The van der Waals surface area contributed by atoms with E-state index in [-0.39, 0.29) is 16.1 Å². The molecule has 1 aliphatic carbocycles. The molecule has 0 radical (unpaired) electrons. The van der Waals surface area contributed by atoms with Crippen molar-refractivity contribution in [3.05, 3.63) is 35.4 Å². The van der Waals surface area contributed by atoms with Crippen molar-refractivity contribution in [1.82, 2.24) is 0 Å². The predicted molar refractivity (Wildman–Crippen MR) is 71.9 cm³/mol. The predicted octanol–water partition coefficient (Wildman–Crippen LogP) is 3.28. The second-order valence-corrected chi connectivity index (χ2v) is 7.83. The van der Waals surface area contributed by atoms with Gasteiger partial charge in [-0.1, -0.05) is 19.1 Å². The molecule has 2 aliphatic rings. The minimum absolute atomic E-state index is 0.0856. The fourth-order valence-corrected chi connectivity index (χ4v) is 5.21. The summed E-state index contributed by atoms with van der Waals surface area (Å²) in [6, 6.07) is 3.96. The van der Waals surface area contributed by atoms with E-state index >= 15 is 0 Å². The summed E-state index contributed by atoms with van der Waals surface area (Å²) in [4.78, 5) is 10.5. The van der Waals surface area contributed by atoms with Crippen LogP contribution in [0.3, 0.4) is 0 Å². The Balaban J connectivity index is 0.000000170. The Morgan fingerprint density at radius 3 is 2.24 bits per heavy atom. The monoisotopic (exact) mass is 340 g/mol. The maximum absolute atomic E-state index is 12.1. The average Bonchev–Trinajstić information content (AvgIpc) is 2.82. The summed E-state index contributed by atoms with van der Waals surface area (Å²) in [6.07, 6.45) is -3.52. The van der Waals surface area contributed by atoms with Gasteiger partial charge in [-0.25, -0.2) is 8.42 Å². The Labute approximate surface area is 125 Å². The topological polar surface area (TPSA) is 51.2 Å². The van der Waals surface area contributed by atoms with E-state index < -0.39 is 26.8 Å². The zero-order valence-electron chi connectivity index (χ0n) is 10.9. The molecule has 21 heavy (non-hydrogen) atoms. The average molecular weight is 341 g/mol. The fraction of sp³-hybridized carbons (Fsp3) is 0.462. The highest BCUT2D eigenvalue weighted by Gasteiger charge is 2.67. The Hall–Kier alpha value is -1.08. The Morgan fingerprint density at radius 2 is 1.95 bits per heavy atom. The molecule has 3 rings (SSSR count). The summed E-state index contributed by atoms with van der Waals surface area (Å²) >= 11 is 5.02. The second kappa shape index (κ2) is 5.28. The SMILES string of the molecule is CC1CC2C1S2(=O)=O.O=C(Cl)c1cccc(C(F)(F)F)c1. The standard InChI is InChI=1S/C8H4ClF3O.C5H8O2S/c9-7(13)5-2-1-3-6(4-5)8(10,11)12;1-3-2-4-5(3)8(4,6)7/h1-4H;3-5H,2H2,1H3. The molecule has 0 spiro atoms. The van der Waals surface area contributed by atoms with Crippen molar-refractivity contribution in [1.29, 1.82) is 0 Å². The zero-order chi connectivity index (χ0) is 16.0. The fourth-order valence-electron chi connectivity index (χ4n) is 2.43. The Kier molecular flexibility index (Phi) is 4.10. The van der Waals surface area contributed by atoms with E-state index in [1.54, 1.807) is 0 Å². The maximum atomic E-state index is 12.1. The van der Waals surface area contributed by atoms with Gasteiger partial charge in [-0.3, -0.25) is 4.79 Å². The van der Waals surface area contributed by atoms with Gasteiger partial charge in [0, 0.05) is 5.56 Å². The summed E-state index contributed by atoms with van der Waals surface area (Å²) in [6.45, 7) is 2.01. The van der Waals surface area contributed by atoms with E-state index in [1.165, 1.54) is 6.07 Å². The van der Waals surface area contributed by atoms with E-state index in [9.17, 15) is 26.4 Å². The zero-order valence-corrected chi connectivity index (χ0v) is 12.5. The molecule has 3 unspecified atom stereocenters. The molecule has 0 amide bonds. The van der Waals surface area contributed by atoms with Crippen LogP contribution in [0.4, 0.5) is 13.2 Å². The highest BCUT2D eigenvalue weighted by molar-refractivity contribution is 8.00. The highest BCUT2D eigenvalue weighted by Crippen LogP contribution is 2.53. The molecule has 1 saturated carbocycles. The summed E-state index contributed by atoms with van der Waals surface area (Å²) in [5, 5.41) is -0.717. The van der Waals surface area contributed by atoms with Crippen molar-refractivity contribution in [3.63, 3.8) is 0 Å². The van der Waals surface area contributed by atoms with Crippen molar-refractivity contribution in [3.8, 4) is 0 Å². The van der Waals surface area contributed by atoms with Crippen molar-refractivity contribution in [2.45, 2.75) is 30.0 Å². The molecule has 8 heteroatoms. The van der Waals surface area contributed by atoms with E-state index in [0.717, 1.165) is 24.6 Å². The third-order valence-electron chi connectivity index (χ3n) is 3.67. The molecule has 1 aromatic rings. The lowest BCUT2D eigenvalue weighted by Gasteiger charge is -2.12. The molecule has 1 heterocycles. The molecule has 1 aromatic carbocycles. The van der Waals surface area contributed by atoms with Crippen LogP contribution in [0.15, 0.2) is 24.3 Å². The van der Waals surface area contributed by atoms with Gasteiger partial charge in [0.2, 0.25) is 0 Å². The summed E-state index contributed by atoms with van der Waals surface area (Å²) in [5.41, 5.74) is -1.03. The van der Waals surface area contributed by atoms with Gasteiger partial charge in [0.25, 0.3) is 5.24 Å². The van der Waals surface area contributed by atoms with Gasteiger partial charge in [-0.15, -0.1) is 0 Å². The van der Waals surface area contributed by atoms with Crippen LogP contribution in [-0.4, -0.2) is 24.2 Å². The first-order valence-electron chi connectivity index (χ1n) is 6.15. The second-order valence-electron chi connectivity index (χ2n) is 5.16. The van der Waals surface area contributed by atoms with Gasteiger partial charge < -0.3 is 0 Å². The van der Waals surface area contributed by atoms with Crippen LogP contribution in [0.2, 0.25) is 0 Å². The van der Waals surface area contributed by atoms with E-state index in [1.807, 2.05) is 6.92 Å². The number of halogens is 4. The van der Waals surface area contributed by atoms with Gasteiger partial charge in [0.15, 0.2) is 9.84 Å². The van der Waals surface area contributed by atoms with Gasteiger partial charge in [-0.05, 0) is 36.1 Å². The first-order valence-corrected chi connectivity index (χ1v) is 8.13. The van der Waals surface area contributed by atoms with Crippen LogP contribution in [0.1, 0.15) is 29.3 Å². The lowest BCUT2D eigenvalue weighted by Crippen LogP contribution is -2.19. The van der Waals surface area contributed by atoms with Crippen molar-refractivity contribution >= 4 is 26.7 Å². The third kappa shape index (κ3) is 3.23. The quantitative estimate of drug-likeness (QED) is 0.582. The number of alkyl halides is 3. The number of carbonyl (C=O) groups excluding carboxylic acids is 1. The van der Waals surface area contributed by atoms with Crippen LogP contribution in [0.5, 0.6) is 0 Å². The molecule has 3 atom stereocenters. The number of benzene rings is 1. The molecule has 0 bridgehead atoms. The van der Waals surface area contributed by atoms with Crippen LogP contribution in [-0.2, 0) is 16.0 Å². The molecule has 2 fully saturated rings. The highest BCUT2D eigenvalue weighted by atomic mass is 35.5. The van der Waals surface area contributed by atoms with Crippen LogP contribution in [0, 0.1) is 5.92 Å². The number of fused-ring (bicyclic) bond motifs is 1. The summed E-state index contributed by atoms with van der Waals surface area (Å²) < 4.78 is 57.6. The minimum Gasteiger partial charge on any atom is -0.276 e. The van der Waals surface area contributed by atoms with Crippen molar-refractivity contribution in [2.24, 2.45) is 5.92 Å². The van der Waals surface area contributed by atoms with Crippen LogP contribution < -0.4 is 0 Å². The number of sulfone groups is 1. The van der Waals surface area contributed by atoms with Gasteiger partial charge in [-0.2, -0.15) is 13.2 Å². The first-order chi connectivity index (χ1) is 9.55. The lowest BCUT2D eigenvalue weighted by molar-refractivity contribution is -0.137. The lowest BCUT2D eigenvalue weighted by atomic mass is 9.88. The van der Waals surface area contributed by atoms with Gasteiger partial charge in [0.1, 0.15) is 0 Å². The molecule has 3 nitrogen and oxygen atoms in total. The Morgan fingerprint density at radius 1 is 1.33 bits per heavy atom. The first kappa shape index (κ1) is 16.3. The normalized spacial score (nSPS) is 28.5. The largest absolute Gasteiger partial charge is 0.416 e. The summed E-state index contributed by atoms with van der Waals surface area (Å²) in [5.74, 6) is 0.463. The number of hydrogen-bond donors (Lipinski definition) is 0. The van der Waals surface area contributed by atoms with E-state index in [0.29, 0.717) is 5.92 Å². The molecule has 1 saturated heterocycles. The van der Waals surface area contributed by atoms with Crippen molar-refractivity contribution in [2.75, 3.05) is 0 Å². The maximum Gasteiger partial charge on any atom is 0.416 e. The van der Waals surface area contributed by atoms with Crippen LogP contribution >= 0.6 is 11.6 Å². The van der Waals surface area contributed by atoms with E-state index in [4.69, 9.17) is 11.6 Å². The molecule has 0 N–H and O–H groups in total. The van der Waals surface area contributed by atoms with E-state index in [2.05, 4.69) is 0 Å². The van der Waals surface area contributed by atoms with Gasteiger partial charge >= 0.3 is 6.18 Å². The number of rotatable bonds is 1. The molecule has 0 aromatic heterocycles. The Bertz CT molecular complexity index is 669. The molecule has 1 aliphatic heterocycles. The number of carbonyl (C=O) groups is 1. The minimum atomic E-state index is -4.44. The third-order valence-corrected chi connectivity index (χ3v) is 6.46. The smallest absolute Gasteiger partial charge is 0.276 e. The molecule has 116 valence electrons. The van der Waals surface area contributed by atoms with Crippen LogP contribution in [0.25, 0.3) is 0 Å². The summed E-state index contributed by atoms with van der Waals surface area (Å²) in [7, 11) is -2.51.